The van der Waals surface area contributed by atoms with Gasteiger partial charge in [0.2, 0.25) is 0 Å². The smallest absolute Gasteiger partial charge is 0.189 e. The molecule has 6 heteroatoms. The molecule has 0 unspecified atom stereocenters. The molecule has 0 saturated carbocycles. The molecule has 0 amide bonds. The van der Waals surface area contributed by atoms with Gasteiger partial charge in [0.25, 0.3) is 0 Å². The van der Waals surface area contributed by atoms with E-state index in [0.29, 0.717) is 17.8 Å². The lowest BCUT2D eigenvalue weighted by Crippen LogP contribution is -2.15. The third kappa shape index (κ3) is 3.17. The van der Waals surface area contributed by atoms with Gasteiger partial charge in [-0.2, -0.15) is 0 Å². The van der Waals surface area contributed by atoms with Crippen LogP contribution in [0.1, 0.15) is 11.3 Å². The van der Waals surface area contributed by atoms with Crippen LogP contribution in [0.3, 0.4) is 0 Å². The van der Waals surface area contributed by atoms with Gasteiger partial charge in [0.1, 0.15) is 5.69 Å². The number of nitrogens with zero attached hydrogens (tertiary/aromatic N) is 3. The Balaban J connectivity index is 2.02. The third-order valence-electron chi connectivity index (χ3n) is 4.64. The maximum Gasteiger partial charge on any atom is 0.189 e. The summed E-state index contributed by atoms with van der Waals surface area (Å²) in [5.74, 6) is -0.0496. The molecule has 2 heterocycles. The summed E-state index contributed by atoms with van der Waals surface area (Å²) in [7, 11) is 0. The van der Waals surface area contributed by atoms with Gasteiger partial charge in [0.15, 0.2) is 5.84 Å². The molecule has 0 radical (unpaired) electrons. The number of rotatable bonds is 4. The van der Waals surface area contributed by atoms with Crippen LogP contribution in [0.5, 0.6) is 0 Å². The Hall–Kier alpha value is -3.77. The Morgan fingerprint density at radius 2 is 1.71 bits per heavy atom. The van der Waals surface area contributed by atoms with Gasteiger partial charge in [-0.25, -0.2) is 4.98 Å². The molecule has 0 aliphatic heterocycles. The van der Waals surface area contributed by atoms with Crippen LogP contribution in [0, 0.1) is 0 Å². The van der Waals surface area contributed by atoms with Crippen molar-refractivity contribution in [3.63, 3.8) is 0 Å². The molecular weight excluding hydrogens is 350 g/mol. The lowest BCUT2D eigenvalue weighted by molar-refractivity contribution is 0.318. The van der Waals surface area contributed by atoms with E-state index in [0.717, 1.165) is 33.3 Å². The highest BCUT2D eigenvalue weighted by Gasteiger charge is 2.15. The summed E-state index contributed by atoms with van der Waals surface area (Å²) in [4.78, 5) is 9.16. The summed E-state index contributed by atoms with van der Waals surface area (Å²) >= 11 is 0. The number of aromatic nitrogens is 2. The lowest BCUT2D eigenvalue weighted by atomic mass is 9.96. The van der Waals surface area contributed by atoms with Crippen LogP contribution in [0.15, 0.2) is 78.1 Å². The third-order valence-corrected chi connectivity index (χ3v) is 4.64. The zero-order valence-electron chi connectivity index (χ0n) is 15.1. The molecule has 6 nitrogen and oxygen atoms in total. The van der Waals surface area contributed by atoms with E-state index < -0.39 is 0 Å². The Morgan fingerprint density at radius 3 is 2.39 bits per heavy atom. The van der Waals surface area contributed by atoms with E-state index >= 15 is 0 Å². The molecule has 5 N–H and O–H groups in total. The van der Waals surface area contributed by atoms with Crippen molar-refractivity contribution in [3.05, 3.63) is 84.2 Å². The first-order valence-electron chi connectivity index (χ1n) is 8.83. The van der Waals surface area contributed by atoms with E-state index in [2.05, 4.69) is 10.1 Å². The molecular formula is C22H19N5O. The minimum atomic E-state index is -0.0496. The van der Waals surface area contributed by atoms with Crippen LogP contribution in [-0.2, 0) is 6.54 Å². The monoisotopic (exact) mass is 369 g/mol. The molecule has 2 aromatic carbocycles. The first-order chi connectivity index (χ1) is 13.7. The number of nitrogens with two attached hydrogens (primary N) is 2. The second-order valence-electron chi connectivity index (χ2n) is 6.36. The fourth-order valence-electron chi connectivity index (χ4n) is 3.20. The fraction of sp³-hybridized carbons (Fsp3) is 0.0455. The Bertz CT molecular complexity index is 1150. The molecule has 4 aromatic rings. The molecule has 0 saturated heterocycles. The predicted octanol–water partition coefficient (Wildman–Crippen LogP) is 3.52. The molecule has 28 heavy (non-hydrogen) atoms. The van der Waals surface area contributed by atoms with Crippen LogP contribution in [0.4, 0.5) is 0 Å². The van der Waals surface area contributed by atoms with Crippen molar-refractivity contribution < 1.29 is 5.21 Å². The molecule has 0 fully saturated rings. The van der Waals surface area contributed by atoms with Crippen molar-refractivity contribution in [2.24, 2.45) is 16.6 Å². The van der Waals surface area contributed by atoms with E-state index in [1.807, 2.05) is 66.7 Å². The average molecular weight is 369 g/mol. The second-order valence-corrected chi connectivity index (χ2v) is 6.36. The van der Waals surface area contributed by atoms with Crippen molar-refractivity contribution in [3.8, 4) is 22.4 Å². The summed E-state index contributed by atoms with van der Waals surface area (Å²) in [6, 6.07) is 21.8. The van der Waals surface area contributed by atoms with E-state index in [-0.39, 0.29) is 5.84 Å². The van der Waals surface area contributed by atoms with Gasteiger partial charge in [-0.3, -0.25) is 4.98 Å². The lowest BCUT2D eigenvalue weighted by Gasteiger charge is -2.13. The summed E-state index contributed by atoms with van der Waals surface area (Å²) in [6.45, 7) is 0.492. The molecule has 4 rings (SSSR count). The topological polar surface area (TPSA) is 110 Å². The summed E-state index contributed by atoms with van der Waals surface area (Å²) in [6.07, 6.45) is 1.60. The maximum absolute atomic E-state index is 9.11. The number of benzene rings is 2. The first-order valence-corrected chi connectivity index (χ1v) is 8.83. The number of pyridine rings is 2. The maximum atomic E-state index is 9.11. The van der Waals surface area contributed by atoms with E-state index in [9.17, 15) is 0 Å². The first kappa shape index (κ1) is 17.6. The molecule has 0 bridgehead atoms. The van der Waals surface area contributed by atoms with Crippen molar-refractivity contribution >= 4 is 16.7 Å². The Kier molecular flexibility index (Phi) is 4.70. The molecule has 0 atom stereocenters. The van der Waals surface area contributed by atoms with Gasteiger partial charge in [-0.05, 0) is 23.3 Å². The molecule has 0 spiro atoms. The van der Waals surface area contributed by atoms with Crippen LogP contribution < -0.4 is 11.5 Å². The minimum Gasteiger partial charge on any atom is -0.409 e. The Morgan fingerprint density at radius 1 is 0.964 bits per heavy atom. The van der Waals surface area contributed by atoms with Gasteiger partial charge >= 0.3 is 0 Å². The molecule has 0 aliphatic rings. The highest BCUT2D eigenvalue weighted by molar-refractivity contribution is 6.07. The van der Waals surface area contributed by atoms with Gasteiger partial charge < -0.3 is 16.7 Å². The molecule has 2 aromatic heterocycles. The van der Waals surface area contributed by atoms with E-state index in [1.165, 1.54) is 0 Å². The second kappa shape index (κ2) is 7.46. The van der Waals surface area contributed by atoms with Gasteiger partial charge in [-0.1, -0.05) is 59.8 Å². The number of hydrogen-bond donors (Lipinski definition) is 3. The van der Waals surface area contributed by atoms with Crippen LogP contribution in [0.2, 0.25) is 0 Å². The SMILES string of the molecule is NCc1ccc(-c2nc3ccnc(/C(N)=N\O)c3cc2-c2ccccc2)cc1. The quantitative estimate of drug-likeness (QED) is 0.221. The van der Waals surface area contributed by atoms with Crippen LogP contribution in [0.25, 0.3) is 33.3 Å². The summed E-state index contributed by atoms with van der Waals surface area (Å²) in [5.41, 5.74) is 17.5. The van der Waals surface area contributed by atoms with Crippen molar-refractivity contribution in [2.45, 2.75) is 6.54 Å². The van der Waals surface area contributed by atoms with Crippen molar-refractivity contribution in [1.29, 1.82) is 0 Å². The van der Waals surface area contributed by atoms with Crippen LogP contribution in [-0.4, -0.2) is 21.0 Å². The predicted molar refractivity (Wildman–Crippen MR) is 111 cm³/mol. The number of hydrogen-bond acceptors (Lipinski definition) is 5. The van der Waals surface area contributed by atoms with Gasteiger partial charge in [0.05, 0.1) is 11.2 Å². The average Bonchev–Trinajstić information content (AvgIpc) is 2.78. The van der Waals surface area contributed by atoms with Crippen LogP contribution >= 0.6 is 0 Å². The van der Waals surface area contributed by atoms with Crippen molar-refractivity contribution in [2.75, 3.05) is 0 Å². The summed E-state index contributed by atoms with van der Waals surface area (Å²) < 4.78 is 0. The number of amidine groups is 1. The fourth-order valence-corrected chi connectivity index (χ4v) is 3.20. The van der Waals surface area contributed by atoms with Gasteiger partial charge in [-0.15, -0.1) is 0 Å². The minimum absolute atomic E-state index is 0.0496. The summed E-state index contributed by atoms with van der Waals surface area (Å²) in [5, 5.41) is 12.9. The standard InChI is InChI=1S/C22H19N5O/c23-13-14-6-8-16(9-7-14)20-17(15-4-2-1-3-5-15)12-18-19(26-20)10-11-25-21(18)22(24)27-28/h1-12,28H,13,23H2,(H2,24,27). The highest BCUT2D eigenvalue weighted by atomic mass is 16.4. The largest absolute Gasteiger partial charge is 0.409 e. The van der Waals surface area contributed by atoms with Crippen molar-refractivity contribution in [1.82, 2.24) is 9.97 Å². The zero-order chi connectivity index (χ0) is 19.5. The van der Waals surface area contributed by atoms with E-state index in [1.54, 1.807) is 6.20 Å². The number of oxime groups is 1. The molecule has 138 valence electrons. The normalized spacial score (nSPS) is 11.7. The van der Waals surface area contributed by atoms with E-state index in [4.69, 9.17) is 21.7 Å². The highest BCUT2D eigenvalue weighted by Crippen LogP contribution is 2.34. The molecule has 0 aliphatic carbocycles. The van der Waals surface area contributed by atoms with Gasteiger partial charge in [0, 0.05) is 29.3 Å². The Labute approximate surface area is 162 Å². The number of fused-ring (bicyclic) bond motifs is 1. The zero-order valence-corrected chi connectivity index (χ0v) is 15.1.